The number of nitrogens with two attached hydrogens (primary N) is 1. The SMILES string of the molecule is CC.COC(=O)c1c[nH]c(C(=O)c2ccc(C#CCOCCOCCOCCOCCN)cc2)c1-c1c(F)ccc(F)c1C.Cc1c(F)ccc(F)c1OI. The van der Waals surface area contributed by atoms with E-state index in [2.05, 4.69) is 19.9 Å². The molecule has 0 aliphatic rings. The van der Waals surface area contributed by atoms with Gasteiger partial charge in [-0.05, 0) is 67.9 Å². The summed E-state index contributed by atoms with van der Waals surface area (Å²) in [6, 6.07) is 10.5. The number of ketones is 1. The predicted molar refractivity (Wildman–Crippen MR) is 208 cm³/mol. The number of esters is 1. The summed E-state index contributed by atoms with van der Waals surface area (Å²) in [5.74, 6) is 2.04. The van der Waals surface area contributed by atoms with E-state index in [9.17, 15) is 27.2 Å². The van der Waals surface area contributed by atoms with Crippen molar-refractivity contribution in [3.8, 4) is 28.7 Å². The van der Waals surface area contributed by atoms with Gasteiger partial charge in [-0.15, -0.1) is 0 Å². The monoisotopic (exact) mass is 884 g/mol. The summed E-state index contributed by atoms with van der Waals surface area (Å²) in [5.41, 5.74) is 5.98. The van der Waals surface area contributed by atoms with E-state index < -0.39 is 35.0 Å². The molecule has 3 aromatic carbocycles. The van der Waals surface area contributed by atoms with Gasteiger partial charge in [0.15, 0.2) is 34.6 Å². The quantitative estimate of drug-likeness (QED) is 0.0274. The molecule has 0 fully saturated rings. The smallest absolute Gasteiger partial charge is 0.340 e. The van der Waals surface area contributed by atoms with Crippen LogP contribution in [0, 0.1) is 49.0 Å². The number of aromatic nitrogens is 1. The van der Waals surface area contributed by atoms with E-state index in [1.165, 1.54) is 43.1 Å². The molecule has 0 bridgehead atoms. The molecule has 0 radical (unpaired) electrons. The van der Waals surface area contributed by atoms with Crippen LogP contribution in [0.25, 0.3) is 11.1 Å². The van der Waals surface area contributed by atoms with E-state index in [1.807, 2.05) is 13.8 Å². The highest BCUT2D eigenvalue weighted by Gasteiger charge is 2.28. The second kappa shape index (κ2) is 25.7. The third-order valence-corrected chi connectivity index (χ3v) is 7.85. The van der Waals surface area contributed by atoms with Crippen molar-refractivity contribution in [1.29, 1.82) is 0 Å². The lowest BCUT2D eigenvalue weighted by atomic mass is 9.93. The number of H-pyrrole nitrogens is 1. The number of nitrogens with one attached hydrogen (secondary N) is 1. The van der Waals surface area contributed by atoms with Crippen LogP contribution in [0.15, 0.2) is 54.7 Å². The number of benzene rings is 3. The fourth-order valence-electron chi connectivity index (χ4n) is 4.68. The van der Waals surface area contributed by atoms with Gasteiger partial charge in [-0.1, -0.05) is 25.7 Å². The Hall–Kier alpha value is -4.31. The summed E-state index contributed by atoms with van der Waals surface area (Å²) in [7, 11) is 1.16. The van der Waals surface area contributed by atoms with Crippen molar-refractivity contribution in [3.63, 3.8) is 0 Å². The third-order valence-electron chi connectivity index (χ3n) is 7.41. The normalized spacial score (nSPS) is 10.3. The lowest BCUT2D eigenvalue weighted by molar-refractivity contribution is 0.00223. The molecular weight excluding hydrogens is 839 g/mol. The van der Waals surface area contributed by atoms with Crippen molar-refractivity contribution in [1.82, 2.24) is 4.98 Å². The van der Waals surface area contributed by atoms with Gasteiger partial charge >= 0.3 is 5.97 Å². The van der Waals surface area contributed by atoms with Gasteiger partial charge in [0, 0.05) is 40.6 Å². The second-order valence-electron chi connectivity index (χ2n) is 10.9. The Labute approximate surface area is 332 Å². The zero-order chi connectivity index (χ0) is 40.8. The maximum atomic E-state index is 14.9. The van der Waals surface area contributed by atoms with E-state index in [0.29, 0.717) is 58.4 Å². The standard InChI is InChI=1S/C31H34F2N2O7.C7H5F2IO.C2H6/c1-21-25(32)9-10-26(33)27(21)28-24(31(37)38-2)20-35-29(28)30(36)23-7-5-22(6-8-23)4-3-12-39-14-16-41-18-19-42-17-15-40-13-11-34;1-4-5(8)2-3-6(9)7(4)11-10;1-2/h5-10,20,35H,11-19,34H2,1-2H3;2-3H,1H3;1-2H3. The zero-order valence-electron chi connectivity index (χ0n) is 31.3. The Morgan fingerprint density at radius 2 is 1.25 bits per heavy atom. The highest BCUT2D eigenvalue weighted by atomic mass is 127. The lowest BCUT2D eigenvalue weighted by Gasteiger charge is -2.12. The lowest BCUT2D eigenvalue weighted by Crippen LogP contribution is -2.14. The van der Waals surface area contributed by atoms with Gasteiger partial charge in [-0.25, -0.2) is 22.4 Å². The number of aromatic amines is 1. The molecular formula is C40H45F4IN2O8. The Bertz CT molecular complexity index is 1880. The Morgan fingerprint density at radius 1 is 0.727 bits per heavy atom. The highest BCUT2D eigenvalue weighted by Crippen LogP contribution is 2.35. The molecule has 15 heteroatoms. The van der Waals surface area contributed by atoms with Crippen LogP contribution in [0.4, 0.5) is 17.6 Å². The van der Waals surface area contributed by atoms with Crippen molar-refractivity contribution in [2.75, 3.05) is 66.5 Å². The van der Waals surface area contributed by atoms with Crippen LogP contribution >= 0.6 is 23.0 Å². The van der Waals surface area contributed by atoms with Crippen molar-refractivity contribution in [2.24, 2.45) is 5.73 Å². The first-order valence-electron chi connectivity index (χ1n) is 17.2. The fraction of sp³-hybridized carbons (Fsp3) is 0.350. The van der Waals surface area contributed by atoms with E-state index in [1.54, 1.807) is 24.3 Å². The van der Waals surface area contributed by atoms with Gasteiger partial charge in [0.1, 0.15) is 24.1 Å². The van der Waals surface area contributed by atoms with Gasteiger partial charge in [0.05, 0.1) is 64.6 Å². The minimum absolute atomic E-state index is 0.0365. The van der Waals surface area contributed by atoms with Crippen LogP contribution in [0.5, 0.6) is 5.75 Å². The number of carbonyl (C=O) groups excluding carboxylic acids is 2. The molecule has 0 unspecified atom stereocenters. The Morgan fingerprint density at radius 3 is 1.80 bits per heavy atom. The van der Waals surface area contributed by atoms with E-state index >= 15 is 0 Å². The minimum Gasteiger partial charge on any atom is -0.465 e. The first-order chi connectivity index (χ1) is 26.5. The number of carbonyl (C=O) groups is 2. The van der Waals surface area contributed by atoms with Crippen molar-refractivity contribution >= 4 is 34.8 Å². The summed E-state index contributed by atoms with van der Waals surface area (Å²) >= 11 is 1.51. The van der Waals surface area contributed by atoms with Gasteiger partial charge < -0.3 is 37.5 Å². The molecule has 0 saturated carbocycles. The summed E-state index contributed by atoms with van der Waals surface area (Å²) < 4.78 is 85.4. The van der Waals surface area contributed by atoms with Gasteiger partial charge in [0.2, 0.25) is 5.78 Å². The van der Waals surface area contributed by atoms with Gasteiger partial charge in [-0.2, -0.15) is 0 Å². The molecule has 4 aromatic rings. The van der Waals surface area contributed by atoms with E-state index in [4.69, 9.17) is 29.4 Å². The molecule has 0 spiro atoms. The molecule has 0 aliphatic carbocycles. The molecule has 0 atom stereocenters. The molecule has 10 nitrogen and oxygen atoms in total. The maximum Gasteiger partial charge on any atom is 0.340 e. The molecule has 55 heavy (non-hydrogen) atoms. The molecule has 0 saturated heterocycles. The number of hydrogen-bond donors (Lipinski definition) is 2. The number of rotatable bonds is 17. The summed E-state index contributed by atoms with van der Waals surface area (Å²) in [6.07, 6.45) is 1.25. The summed E-state index contributed by atoms with van der Waals surface area (Å²) in [4.78, 5) is 28.5. The summed E-state index contributed by atoms with van der Waals surface area (Å²) in [5, 5.41) is 0. The largest absolute Gasteiger partial charge is 0.465 e. The highest BCUT2D eigenvalue weighted by molar-refractivity contribution is 14.1. The first kappa shape index (κ1) is 46.8. The molecule has 1 aromatic heterocycles. The minimum atomic E-state index is -0.794. The van der Waals surface area contributed by atoms with Crippen LogP contribution in [0.3, 0.4) is 0 Å². The van der Waals surface area contributed by atoms with Crippen LogP contribution in [0.2, 0.25) is 0 Å². The summed E-state index contributed by atoms with van der Waals surface area (Å²) in [6.45, 7) is 10.7. The third kappa shape index (κ3) is 14.4. The molecule has 4 rings (SSSR count). The van der Waals surface area contributed by atoms with Crippen LogP contribution in [0.1, 0.15) is 56.9 Å². The van der Waals surface area contributed by atoms with Crippen molar-refractivity contribution in [3.05, 3.63) is 112 Å². The molecule has 298 valence electrons. The average molecular weight is 885 g/mol. The predicted octanol–water partition coefficient (Wildman–Crippen LogP) is 7.69. The van der Waals surface area contributed by atoms with E-state index in [0.717, 1.165) is 31.4 Å². The maximum absolute atomic E-state index is 14.9. The fourth-order valence-corrected chi connectivity index (χ4v) is 5.22. The van der Waals surface area contributed by atoms with E-state index in [-0.39, 0.29) is 51.4 Å². The van der Waals surface area contributed by atoms with Gasteiger partial charge in [-0.3, -0.25) is 4.79 Å². The van der Waals surface area contributed by atoms with Crippen LogP contribution < -0.4 is 8.80 Å². The molecule has 3 N–H and O–H groups in total. The first-order valence-corrected chi connectivity index (χ1v) is 18.1. The van der Waals surface area contributed by atoms with Gasteiger partial charge in [0.25, 0.3) is 0 Å². The number of methoxy groups -OCH3 is 1. The molecule has 1 heterocycles. The Balaban J connectivity index is 0.000000682. The number of halogens is 5. The second-order valence-corrected chi connectivity index (χ2v) is 11.4. The molecule has 0 aliphatic heterocycles. The topological polar surface area (TPSA) is 131 Å². The molecule has 0 amide bonds. The zero-order valence-corrected chi connectivity index (χ0v) is 33.5. The van der Waals surface area contributed by atoms with Crippen LogP contribution in [-0.4, -0.2) is 83.2 Å². The average Bonchev–Trinajstić information content (AvgIpc) is 3.63. The number of hydrogen-bond acceptors (Lipinski definition) is 9. The Kier molecular flexibility index (Phi) is 21.9. The van der Waals surface area contributed by atoms with Crippen LogP contribution in [-0.2, 0) is 23.7 Å². The number of ether oxygens (including phenoxy) is 5. The van der Waals surface area contributed by atoms with Crippen molar-refractivity contribution in [2.45, 2.75) is 27.7 Å². The van der Waals surface area contributed by atoms with Crippen molar-refractivity contribution < 1.29 is 53.9 Å².